The second-order valence-electron chi connectivity index (χ2n) is 4.10. The van der Waals surface area contributed by atoms with Crippen LogP contribution in [0.5, 0.6) is 0 Å². The summed E-state index contributed by atoms with van der Waals surface area (Å²) < 4.78 is 13.6. The van der Waals surface area contributed by atoms with E-state index in [1.54, 1.807) is 0 Å². The molecule has 1 aromatic carbocycles. The molecule has 0 amide bonds. The first-order valence-electron chi connectivity index (χ1n) is 5.42. The Morgan fingerprint density at radius 2 is 2.12 bits per heavy atom. The molecule has 0 bridgehead atoms. The lowest BCUT2D eigenvalue weighted by Crippen LogP contribution is -2.34. The molecule has 0 fully saturated rings. The highest BCUT2D eigenvalue weighted by atomic mass is 79.9. The molecule has 0 radical (unpaired) electrons. The SMILES string of the molecule is CC(C)N(CCN)Cc1ccc(F)c(Br)c1. The minimum absolute atomic E-state index is 0.223. The Labute approximate surface area is 105 Å². The first-order valence-corrected chi connectivity index (χ1v) is 6.22. The summed E-state index contributed by atoms with van der Waals surface area (Å²) in [6.07, 6.45) is 0. The van der Waals surface area contributed by atoms with E-state index in [0.717, 1.165) is 18.7 Å². The second kappa shape index (κ2) is 6.33. The van der Waals surface area contributed by atoms with Gasteiger partial charge in [0.05, 0.1) is 4.47 Å². The van der Waals surface area contributed by atoms with E-state index in [0.29, 0.717) is 17.1 Å². The molecular formula is C12H18BrFN2. The molecule has 0 heterocycles. The minimum atomic E-state index is -0.223. The molecule has 16 heavy (non-hydrogen) atoms. The highest BCUT2D eigenvalue weighted by molar-refractivity contribution is 9.10. The van der Waals surface area contributed by atoms with Crippen LogP contribution in [0, 0.1) is 5.82 Å². The van der Waals surface area contributed by atoms with E-state index in [9.17, 15) is 4.39 Å². The monoisotopic (exact) mass is 288 g/mol. The zero-order chi connectivity index (χ0) is 12.1. The summed E-state index contributed by atoms with van der Waals surface area (Å²) in [7, 11) is 0. The van der Waals surface area contributed by atoms with Gasteiger partial charge in [-0.05, 0) is 47.5 Å². The lowest BCUT2D eigenvalue weighted by molar-refractivity contribution is 0.219. The fraction of sp³-hybridized carbons (Fsp3) is 0.500. The third-order valence-corrected chi connectivity index (χ3v) is 3.12. The van der Waals surface area contributed by atoms with Gasteiger partial charge in [-0.25, -0.2) is 4.39 Å². The average Bonchev–Trinajstić information content (AvgIpc) is 2.22. The molecule has 0 saturated carbocycles. The van der Waals surface area contributed by atoms with Crippen molar-refractivity contribution in [1.82, 2.24) is 4.90 Å². The van der Waals surface area contributed by atoms with E-state index < -0.39 is 0 Å². The van der Waals surface area contributed by atoms with E-state index >= 15 is 0 Å². The smallest absolute Gasteiger partial charge is 0.137 e. The topological polar surface area (TPSA) is 29.3 Å². The molecule has 2 nitrogen and oxygen atoms in total. The fourth-order valence-electron chi connectivity index (χ4n) is 1.56. The predicted molar refractivity (Wildman–Crippen MR) is 68.7 cm³/mol. The van der Waals surface area contributed by atoms with Crippen molar-refractivity contribution in [2.45, 2.75) is 26.4 Å². The van der Waals surface area contributed by atoms with Crippen LogP contribution >= 0.6 is 15.9 Å². The lowest BCUT2D eigenvalue weighted by Gasteiger charge is -2.25. The number of nitrogens with zero attached hydrogens (tertiary/aromatic N) is 1. The quantitative estimate of drug-likeness (QED) is 0.903. The van der Waals surface area contributed by atoms with Crippen LogP contribution in [-0.4, -0.2) is 24.0 Å². The van der Waals surface area contributed by atoms with Gasteiger partial charge in [-0.2, -0.15) is 0 Å². The van der Waals surface area contributed by atoms with Crippen LogP contribution < -0.4 is 5.73 Å². The van der Waals surface area contributed by atoms with Gasteiger partial charge in [-0.1, -0.05) is 6.07 Å². The van der Waals surface area contributed by atoms with Crippen molar-refractivity contribution in [3.63, 3.8) is 0 Å². The molecule has 1 aromatic rings. The standard InChI is InChI=1S/C12H18BrFN2/c1-9(2)16(6-5-15)8-10-3-4-12(14)11(13)7-10/h3-4,7,9H,5-6,8,15H2,1-2H3. The van der Waals surface area contributed by atoms with Crippen molar-refractivity contribution in [2.75, 3.05) is 13.1 Å². The summed E-state index contributed by atoms with van der Waals surface area (Å²) in [6.45, 7) is 6.56. The normalized spacial score (nSPS) is 11.4. The first-order chi connectivity index (χ1) is 7.54. The molecule has 1 rings (SSSR count). The third kappa shape index (κ3) is 3.85. The van der Waals surface area contributed by atoms with E-state index in [2.05, 4.69) is 34.7 Å². The molecule has 0 aliphatic rings. The Morgan fingerprint density at radius 1 is 1.44 bits per heavy atom. The molecule has 0 saturated heterocycles. The summed E-state index contributed by atoms with van der Waals surface area (Å²) in [5.74, 6) is -0.223. The van der Waals surface area contributed by atoms with Crippen molar-refractivity contribution in [1.29, 1.82) is 0 Å². The minimum Gasteiger partial charge on any atom is -0.329 e. The molecule has 2 N–H and O–H groups in total. The fourth-order valence-corrected chi connectivity index (χ4v) is 1.98. The maximum Gasteiger partial charge on any atom is 0.137 e. The zero-order valence-corrected chi connectivity index (χ0v) is 11.3. The maximum atomic E-state index is 13.1. The lowest BCUT2D eigenvalue weighted by atomic mass is 10.2. The maximum absolute atomic E-state index is 13.1. The van der Waals surface area contributed by atoms with Gasteiger partial charge in [-0.3, -0.25) is 4.90 Å². The van der Waals surface area contributed by atoms with Gasteiger partial charge in [-0.15, -0.1) is 0 Å². The number of hydrogen-bond acceptors (Lipinski definition) is 2. The number of halogens is 2. The molecule has 0 atom stereocenters. The van der Waals surface area contributed by atoms with Gasteiger partial charge < -0.3 is 5.73 Å². The molecule has 0 spiro atoms. The highest BCUT2D eigenvalue weighted by Crippen LogP contribution is 2.18. The van der Waals surface area contributed by atoms with E-state index in [1.807, 2.05) is 12.1 Å². The molecular weight excluding hydrogens is 271 g/mol. The van der Waals surface area contributed by atoms with Crippen LogP contribution in [0.3, 0.4) is 0 Å². The molecule has 0 aromatic heterocycles. The van der Waals surface area contributed by atoms with Gasteiger partial charge in [0.25, 0.3) is 0 Å². The zero-order valence-electron chi connectivity index (χ0n) is 9.71. The van der Waals surface area contributed by atoms with Crippen LogP contribution in [0.15, 0.2) is 22.7 Å². The van der Waals surface area contributed by atoms with Gasteiger partial charge in [0.15, 0.2) is 0 Å². The Morgan fingerprint density at radius 3 is 2.62 bits per heavy atom. The summed E-state index contributed by atoms with van der Waals surface area (Å²) >= 11 is 3.19. The first kappa shape index (κ1) is 13.6. The van der Waals surface area contributed by atoms with Crippen LogP contribution in [0.2, 0.25) is 0 Å². The Balaban J connectivity index is 2.73. The summed E-state index contributed by atoms with van der Waals surface area (Å²) in [5.41, 5.74) is 6.66. The van der Waals surface area contributed by atoms with Crippen LogP contribution in [0.4, 0.5) is 4.39 Å². The Bertz CT molecular complexity index is 342. The van der Waals surface area contributed by atoms with E-state index in [4.69, 9.17) is 5.73 Å². The number of benzene rings is 1. The summed E-state index contributed by atoms with van der Waals surface area (Å²) in [4.78, 5) is 2.26. The highest BCUT2D eigenvalue weighted by Gasteiger charge is 2.10. The number of hydrogen-bond donors (Lipinski definition) is 1. The summed E-state index contributed by atoms with van der Waals surface area (Å²) in [5, 5.41) is 0. The third-order valence-electron chi connectivity index (χ3n) is 2.52. The van der Waals surface area contributed by atoms with Crippen molar-refractivity contribution >= 4 is 15.9 Å². The second-order valence-corrected chi connectivity index (χ2v) is 4.96. The van der Waals surface area contributed by atoms with E-state index in [-0.39, 0.29) is 5.82 Å². The molecule has 0 aliphatic carbocycles. The van der Waals surface area contributed by atoms with Gasteiger partial charge in [0.2, 0.25) is 0 Å². The van der Waals surface area contributed by atoms with Crippen molar-refractivity contribution in [3.05, 3.63) is 34.1 Å². The van der Waals surface area contributed by atoms with Crippen LogP contribution in [0.25, 0.3) is 0 Å². The van der Waals surface area contributed by atoms with Crippen LogP contribution in [0.1, 0.15) is 19.4 Å². The number of nitrogens with two attached hydrogens (primary N) is 1. The average molecular weight is 289 g/mol. The largest absolute Gasteiger partial charge is 0.329 e. The Hall–Kier alpha value is -0.450. The molecule has 0 aliphatic heterocycles. The molecule has 4 heteroatoms. The van der Waals surface area contributed by atoms with E-state index in [1.165, 1.54) is 6.07 Å². The van der Waals surface area contributed by atoms with Gasteiger partial charge in [0, 0.05) is 25.7 Å². The van der Waals surface area contributed by atoms with Crippen molar-refractivity contribution in [2.24, 2.45) is 5.73 Å². The number of rotatable bonds is 5. The summed E-state index contributed by atoms with van der Waals surface area (Å²) in [6, 6.07) is 5.56. The van der Waals surface area contributed by atoms with Crippen molar-refractivity contribution < 1.29 is 4.39 Å². The predicted octanol–water partition coefficient (Wildman–Crippen LogP) is 2.76. The Kier molecular flexibility index (Phi) is 5.38. The molecule has 90 valence electrons. The van der Waals surface area contributed by atoms with Crippen molar-refractivity contribution in [3.8, 4) is 0 Å². The van der Waals surface area contributed by atoms with Gasteiger partial charge in [0.1, 0.15) is 5.82 Å². The van der Waals surface area contributed by atoms with Crippen LogP contribution in [-0.2, 0) is 6.54 Å². The van der Waals surface area contributed by atoms with Gasteiger partial charge >= 0.3 is 0 Å². The molecule has 0 unspecified atom stereocenters.